The molecule has 0 amide bonds. The van der Waals surface area contributed by atoms with Crippen molar-refractivity contribution in [3.63, 3.8) is 0 Å². The van der Waals surface area contributed by atoms with Crippen molar-refractivity contribution in [3.8, 4) is 16.9 Å². The number of hydrogen-bond acceptors (Lipinski definition) is 3. The maximum absolute atomic E-state index is 12.3. The molecule has 3 rings (SSSR count). The molecule has 0 aliphatic heterocycles. The Labute approximate surface area is 146 Å². The maximum Gasteiger partial charge on any atom is 0.343 e. The highest BCUT2D eigenvalue weighted by Gasteiger charge is 2.10. The molecule has 0 heterocycles. The third-order valence-corrected chi connectivity index (χ3v) is 4.03. The van der Waals surface area contributed by atoms with Gasteiger partial charge in [-0.25, -0.2) is 4.79 Å². The lowest BCUT2D eigenvalue weighted by molar-refractivity contribution is 0.0733. The zero-order valence-corrected chi connectivity index (χ0v) is 14.2. The number of aryl methyl sites for hydroxylation is 2. The van der Waals surface area contributed by atoms with E-state index < -0.39 is 0 Å². The van der Waals surface area contributed by atoms with Crippen molar-refractivity contribution in [2.75, 3.05) is 0 Å². The highest BCUT2D eigenvalue weighted by molar-refractivity contribution is 5.91. The number of benzene rings is 3. The van der Waals surface area contributed by atoms with Gasteiger partial charge < -0.3 is 4.74 Å². The van der Waals surface area contributed by atoms with Crippen LogP contribution in [0.2, 0.25) is 0 Å². The van der Waals surface area contributed by atoms with Crippen LogP contribution in [0.3, 0.4) is 0 Å². The van der Waals surface area contributed by atoms with E-state index in [0.717, 1.165) is 28.5 Å². The van der Waals surface area contributed by atoms with E-state index in [0.29, 0.717) is 16.9 Å². The third kappa shape index (κ3) is 3.83. The monoisotopic (exact) mass is 330 g/mol. The molecule has 0 radical (unpaired) electrons. The van der Waals surface area contributed by atoms with E-state index in [9.17, 15) is 9.59 Å². The van der Waals surface area contributed by atoms with Crippen LogP contribution >= 0.6 is 0 Å². The van der Waals surface area contributed by atoms with E-state index in [2.05, 4.69) is 0 Å². The first kappa shape index (κ1) is 16.7. The van der Waals surface area contributed by atoms with Crippen LogP contribution in [0.4, 0.5) is 0 Å². The van der Waals surface area contributed by atoms with Crippen molar-refractivity contribution in [2.24, 2.45) is 0 Å². The van der Waals surface area contributed by atoms with Crippen LogP contribution in [-0.2, 0) is 0 Å². The molecule has 0 atom stereocenters. The van der Waals surface area contributed by atoms with Crippen LogP contribution in [0.15, 0.2) is 66.7 Å². The zero-order chi connectivity index (χ0) is 17.8. The minimum Gasteiger partial charge on any atom is -0.423 e. The number of rotatable bonds is 4. The molecule has 0 fully saturated rings. The van der Waals surface area contributed by atoms with Gasteiger partial charge in [-0.15, -0.1) is 0 Å². The molecule has 0 unspecified atom stereocenters. The molecule has 3 aromatic carbocycles. The molecule has 0 saturated heterocycles. The Balaban J connectivity index is 1.76. The largest absolute Gasteiger partial charge is 0.423 e. The molecular weight excluding hydrogens is 312 g/mol. The highest BCUT2D eigenvalue weighted by atomic mass is 16.5. The Kier molecular flexibility index (Phi) is 4.75. The predicted octanol–water partition coefficient (Wildman–Crippen LogP) is 5.00. The minimum absolute atomic E-state index is 0.380. The molecule has 3 heteroatoms. The SMILES string of the molecule is Cc1ccc(OC(=O)c2ccc(-c3ccc(C=O)cc3)cc2)c(C)c1. The summed E-state index contributed by atoms with van der Waals surface area (Å²) in [4.78, 5) is 23.0. The lowest BCUT2D eigenvalue weighted by Gasteiger charge is -2.09. The Morgan fingerprint density at radius 3 is 2.00 bits per heavy atom. The predicted molar refractivity (Wildman–Crippen MR) is 98.1 cm³/mol. The van der Waals surface area contributed by atoms with Crippen LogP contribution in [-0.4, -0.2) is 12.3 Å². The molecule has 0 saturated carbocycles. The molecule has 3 nitrogen and oxygen atoms in total. The lowest BCUT2D eigenvalue weighted by Crippen LogP contribution is -2.09. The second kappa shape index (κ2) is 7.14. The van der Waals surface area contributed by atoms with Crippen molar-refractivity contribution < 1.29 is 14.3 Å². The Hall–Kier alpha value is -3.20. The van der Waals surface area contributed by atoms with Crippen molar-refractivity contribution in [1.29, 1.82) is 0 Å². The van der Waals surface area contributed by atoms with Crippen LogP contribution in [0.25, 0.3) is 11.1 Å². The standard InChI is InChI=1S/C22H18O3/c1-15-3-12-21(16(2)13-15)25-22(24)20-10-8-19(9-11-20)18-6-4-17(14-23)5-7-18/h3-14H,1-2H3. The summed E-state index contributed by atoms with van der Waals surface area (Å²) < 4.78 is 5.48. The summed E-state index contributed by atoms with van der Waals surface area (Å²) in [6, 6.07) is 20.2. The van der Waals surface area contributed by atoms with Gasteiger partial charge in [0.1, 0.15) is 12.0 Å². The number of carbonyl (C=O) groups excluding carboxylic acids is 2. The molecule has 0 bridgehead atoms. The second-order valence-corrected chi connectivity index (χ2v) is 5.98. The fourth-order valence-electron chi connectivity index (χ4n) is 2.63. The molecule has 0 aliphatic carbocycles. The number of aldehydes is 1. The van der Waals surface area contributed by atoms with Crippen LogP contribution in [0.1, 0.15) is 31.8 Å². The van der Waals surface area contributed by atoms with Gasteiger partial charge in [0.25, 0.3) is 0 Å². The van der Waals surface area contributed by atoms with Gasteiger partial charge in [0.05, 0.1) is 5.56 Å². The minimum atomic E-state index is -0.380. The molecule has 0 N–H and O–H groups in total. The lowest BCUT2D eigenvalue weighted by atomic mass is 10.0. The number of carbonyl (C=O) groups is 2. The van der Waals surface area contributed by atoms with Gasteiger partial charge in [-0.3, -0.25) is 4.79 Å². The van der Waals surface area contributed by atoms with Gasteiger partial charge in [0, 0.05) is 5.56 Å². The fraction of sp³-hybridized carbons (Fsp3) is 0.0909. The second-order valence-electron chi connectivity index (χ2n) is 5.98. The molecular formula is C22H18O3. The van der Waals surface area contributed by atoms with Gasteiger partial charge in [0.2, 0.25) is 0 Å². The smallest absolute Gasteiger partial charge is 0.343 e. The van der Waals surface area contributed by atoms with E-state index in [1.54, 1.807) is 24.3 Å². The Bertz CT molecular complexity index is 907. The van der Waals surface area contributed by atoms with Crippen LogP contribution in [0.5, 0.6) is 5.75 Å². The van der Waals surface area contributed by atoms with Crippen LogP contribution < -0.4 is 4.74 Å². The van der Waals surface area contributed by atoms with Crippen LogP contribution in [0, 0.1) is 13.8 Å². The first-order valence-electron chi connectivity index (χ1n) is 8.02. The summed E-state index contributed by atoms with van der Waals surface area (Å²) in [6.07, 6.45) is 0.815. The third-order valence-electron chi connectivity index (χ3n) is 4.03. The summed E-state index contributed by atoms with van der Waals surface area (Å²) in [7, 11) is 0. The van der Waals surface area contributed by atoms with E-state index >= 15 is 0 Å². The number of hydrogen-bond donors (Lipinski definition) is 0. The molecule has 124 valence electrons. The van der Waals surface area contributed by atoms with E-state index in [4.69, 9.17) is 4.74 Å². The summed E-state index contributed by atoms with van der Waals surface area (Å²) in [6.45, 7) is 3.92. The number of ether oxygens (including phenoxy) is 1. The molecule has 0 aliphatic rings. The van der Waals surface area contributed by atoms with Crippen molar-refractivity contribution in [1.82, 2.24) is 0 Å². The average molecular weight is 330 g/mol. The fourth-order valence-corrected chi connectivity index (χ4v) is 2.63. The molecule has 3 aromatic rings. The van der Waals surface area contributed by atoms with E-state index in [1.807, 2.05) is 56.3 Å². The summed E-state index contributed by atoms with van der Waals surface area (Å²) >= 11 is 0. The first-order chi connectivity index (χ1) is 12.1. The first-order valence-corrected chi connectivity index (χ1v) is 8.02. The topological polar surface area (TPSA) is 43.4 Å². The molecule has 25 heavy (non-hydrogen) atoms. The Morgan fingerprint density at radius 2 is 1.44 bits per heavy atom. The highest BCUT2D eigenvalue weighted by Crippen LogP contribution is 2.22. The van der Waals surface area contributed by atoms with Gasteiger partial charge >= 0.3 is 5.97 Å². The zero-order valence-electron chi connectivity index (χ0n) is 14.2. The maximum atomic E-state index is 12.3. The van der Waals surface area contributed by atoms with Gasteiger partial charge in [-0.1, -0.05) is 54.1 Å². The molecule has 0 spiro atoms. The quantitative estimate of drug-likeness (QED) is 0.384. The van der Waals surface area contributed by atoms with Gasteiger partial charge in [-0.2, -0.15) is 0 Å². The van der Waals surface area contributed by atoms with Gasteiger partial charge in [0.15, 0.2) is 0 Å². The molecule has 0 aromatic heterocycles. The van der Waals surface area contributed by atoms with Crippen molar-refractivity contribution in [2.45, 2.75) is 13.8 Å². The summed E-state index contributed by atoms with van der Waals surface area (Å²) in [5, 5.41) is 0. The number of esters is 1. The average Bonchev–Trinajstić information content (AvgIpc) is 2.64. The van der Waals surface area contributed by atoms with E-state index in [1.165, 1.54) is 0 Å². The van der Waals surface area contributed by atoms with Crippen molar-refractivity contribution >= 4 is 12.3 Å². The Morgan fingerprint density at radius 1 is 0.840 bits per heavy atom. The van der Waals surface area contributed by atoms with Gasteiger partial charge in [-0.05, 0) is 48.7 Å². The van der Waals surface area contributed by atoms with E-state index in [-0.39, 0.29) is 5.97 Å². The summed E-state index contributed by atoms with van der Waals surface area (Å²) in [5.41, 5.74) is 5.15. The normalized spacial score (nSPS) is 10.3. The van der Waals surface area contributed by atoms with Crippen molar-refractivity contribution in [3.05, 3.63) is 89.0 Å². The summed E-state index contributed by atoms with van der Waals surface area (Å²) in [5.74, 6) is 0.193.